The first-order valence-corrected chi connectivity index (χ1v) is 17.4. The van der Waals surface area contributed by atoms with Crippen LogP contribution < -0.4 is 0 Å². The number of aliphatic hydroxyl groups is 2. The van der Waals surface area contributed by atoms with E-state index in [9.17, 15) is 36.2 Å². The quantitative estimate of drug-likeness (QED) is 0.300. The zero-order valence-corrected chi connectivity index (χ0v) is 25.8. The Morgan fingerprint density at radius 3 is 2.47 bits per heavy atom. The molecule has 0 aliphatic carbocycles. The summed E-state index contributed by atoms with van der Waals surface area (Å²) in [6, 6.07) is 3.88. The van der Waals surface area contributed by atoms with E-state index in [-0.39, 0.29) is 24.5 Å². The van der Waals surface area contributed by atoms with Gasteiger partial charge in [-0.3, -0.25) is 9.58 Å². The fourth-order valence-electron chi connectivity index (χ4n) is 6.10. The molecular weight excluding hydrogens is 610 g/mol. The molecule has 0 bridgehead atoms. The maximum atomic E-state index is 14.0. The van der Waals surface area contributed by atoms with Gasteiger partial charge in [0.05, 0.1) is 36.3 Å². The lowest BCUT2D eigenvalue weighted by Gasteiger charge is -2.28. The molecule has 0 saturated carbocycles. The number of β-amino-alcohol motifs (C(OH)–C–C–N with tert-alkyl or cyclic N) is 2. The smallest absolute Gasteiger partial charge is 0.392 e. The van der Waals surface area contributed by atoms with E-state index in [1.807, 2.05) is 4.90 Å². The van der Waals surface area contributed by atoms with Crippen LogP contribution in [0.4, 0.5) is 17.6 Å². The minimum Gasteiger partial charge on any atom is -0.392 e. The van der Waals surface area contributed by atoms with E-state index in [0.29, 0.717) is 87.5 Å². The molecule has 0 radical (unpaired) electrons. The summed E-state index contributed by atoms with van der Waals surface area (Å²) in [5, 5.41) is 25.4. The summed E-state index contributed by atoms with van der Waals surface area (Å²) >= 11 is 1.09. The molecule has 2 aromatic rings. The van der Waals surface area contributed by atoms with E-state index < -0.39 is 40.1 Å². The van der Waals surface area contributed by atoms with Crippen LogP contribution in [0.3, 0.4) is 0 Å². The molecular formula is C28H39F4N5O4S2. The predicted octanol–water partition coefficient (Wildman–Crippen LogP) is 2.84. The first-order valence-electron chi connectivity index (χ1n) is 14.6. The zero-order valence-electron chi connectivity index (χ0n) is 24.1. The molecule has 2 N–H and O–H groups in total. The molecule has 15 heteroatoms. The fraction of sp³-hybridized carbons (Fsp3) is 0.679. The highest BCUT2D eigenvalue weighted by Crippen LogP contribution is 2.40. The number of thioether (sulfide) groups is 1. The second-order valence-electron chi connectivity index (χ2n) is 11.7. The van der Waals surface area contributed by atoms with Crippen molar-refractivity contribution in [3.05, 3.63) is 35.0 Å². The first-order chi connectivity index (χ1) is 20.3. The molecule has 0 spiro atoms. The van der Waals surface area contributed by atoms with E-state index in [1.165, 1.54) is 16.4 Å². The number of aliphatic hydroxyl groups excluding tert-OH is 2. The lowest BCUT2D eigenvalue weighted by Crippen LogP contribution is -2.37. The summed E-state index contributed by atoms with van der Waals surface area (Å²) in [6.07, 6.45) is -3.64. The number of nitrogens with zero attached hydrogens (tertiary/aromatic N) is 5. The summed E-state index contributed by atoms with van der Waals surface area (Å²) < 4.78 is 83.3. The van der Waals surface area contributed by atoms with Crippen molar-refractivity contribution in [2.45, 2.75) is 68.2 Å². The molecule has 9 nitrogen and oxygen atoms in total. The minimum atomic E-state index is -4.56. The number of sulfonamides is 1. The van der Waals surface area contributed by atoms with Crippen molar-refractivity contribution in [2.75, 3.05) is 57.8 Å². The number of aromatic nitrogens is 2. The van der Waals surface area contributed by atoms with Crippen molar-refractivity contribution in [1.82, 2.24) is 23.9 Å². The highest BCUT2D eigenvalue weighted by molar-refractivity contribution is 7.99. The van der Waals surface area contributed by atoms with Gasteiger partial charge in [-0.1, -0.05) is 6.07 Å². The van der Waals surface area contributed by atoms with E-state index in [4.69, 9.17) is 5.10 Å². The third-order valence-corrected chi connectivity index (χ3v) is 10.7. The first kappa shape index (κ1) is 32.6. The Labute approximate surface area is 253 Å². The summed E-state index contributed by atoms with van der Waals surface area (Å²) in [4.78, 5) is 4.08. The van der Waals surface area contributed by atoms with Crippen LogP contribution in [0.2, 0.25) is 0 Å². The van der Waals surface area contributed by atoms with Crippen LogP contribution >= 0.6 is 11.8 Å². The van der Waals surface area contributed by atoms with Gasteiger partial charge in [-0.2, -0.15) is 22.6 Å². The molecule has 1 aromatic carbocycles. The van der Waals surface area contributed by atoms with E-state index in [2.05, 4.69) is 4.90 Å². The Morgan fingerprint density at radius 1 is 1.09 bits per heavy atom. The van der Waals surface area contributed by atoms with Crippen molar-refractivity contribution in [3.8, 4) is 11.3 Å². The Bertz CT molecular complexity index is 1380. The van der Waals surface area contributed by atoms with Crippen molar-refractivity contribution in [2.24, 2.45) is 0 Å². The second kappa shape index (κ2) is 13.3. The lowest BCUT2D eigenvalue weighted by molar-refractivity contribution is -0.139. The highest BCUT2D eigenvalue weighted by atomic mass is 32.2. The summed E-state index contributed by atoms with van der Waals surface area (Å²) in [7, 11) is -3.53. The molecule has 3 aliphatic heterocycles. The van der Waals surface area contributed by atoms with Crippen LogP contribution in [0.5, 0.6) is 0 Å². The molecule has 2 fully saturated rings. The molecule has 1 unspecified atom stereocenters. The summed E-state index contributed by atoms with van der Waals surface area (Å²) in [5.74, 6) is 0.398. The number of halogens is 4. The average Bonchev–Trinajstić information content (AvgIpc) is 3.51. The van der Waals surface area contributed by atoms with Gasteiger partial charge in [-0.05, 0) is 31.4 Å². The number of piperidine rings is 1. The van der Waals surface area contributed by atoms with Crippen LogP contribution in [0.15, 0.2) is 23.1 Å². The van der Waals surface area contributed by atoms with Gasteiger partial charge in [-0.15, -0.1) is 11.8 Å². The van der Waals surface area contributed by atoms with Gasteiger partial charge in [0.15, 0.2) is 0 Å². The maximum absolute atomic E-state index is 14.0. The Morgan fingerprint density at radius 2 is 1.81 bits per heavy atom. The summed E-state index contributed by atoms with van der Waals surface area (Å²) in [6.45, 7) is 3.58. The highest BCUT2D eigenvalue weighted by Gasteiger charge is 2.35. The number of hydrogen-bond acceptors (Lipinski definition) is 8. The molecule has 2 atom stereocenters. The SMILES string of the molecule is CS(=O)(=O)N1CCc2c(c(-c3ccc(C(F)(F)F)c(SCCN4CCC(F)CC4)c3)nn2CC(O)CN2CC[C@@H](O)C2)C1. The van der Waals surface area contributed by atoms with Gasteiger partial charge in [0.25, 0.3) is 0 Å². The third kappa shape index (κ3) is 8.10. The molecule has 5 rings (SSSR count). The molecule has 0 amide bonds. The van der Waals surface area contributed by atoms with Crippen molar-refractivity contribution in [1.29, 1.82) is 0 Å². The second-order valence-corrected chi connectivity index (χ2v) is 14.9. The van der Waals surface area contributed by atoms with Crippen molar-refractivity contribution >= 4 is 21.8 Å². The number of hydrogen-bond donors (Lipinski definition) is 2. The number of likely N-dealkylation sites (tertiary alicyclic amines) is 2. The van der Waals surface area contributed by atoms with Crippen LogP contribution in [0, 0.1) is 0 Å². The van der Waals surface area contributed by atoms with Crippen molar-refractivity contribution in [3.63, 3.8) is 0 Å². The van der Waals surface area contributed by atoms with E-state index in [0.717, 1.165) is 29.8 Å². The van der Waals surface area contributed by atoms with Crippen LogP contribution in [-0.2, 0) is 35.7 Å². The lowest BCUT2D eigenvalue weighted by atomic mass is 10.0. The number of benzene rings is 1. The topological polar surface area (TPSA) is 102 Å². The summed E-state index contributed by atoms with van der Waals surface area (Å²) in [5.41, 5.74) is 1.45. The van der Waals surface area contributed by atoms with Gasteiger partial charge in [0.2, 0.25) is 10.0 Å². The molecule has 4 heterocycles. The Balaban J connectivity index is 1.42. The Kier molecular flexibility index (Phi) is 10.1. The van der Waals surface area contributed by atoms with Crippen LogP contribution in [-0.4, -0.2) is 119 Å². The monoisotopic (exact) mass is 649 g/mol. The van der Waals surface area contributed by atoms with E-state index in [1.54, 1.807) is 4.68 Å². The third-order valence-electron chi connectivity index (χ3n) is 8.41. The molecule has 1 aromatic heterocycles. The predicted molar refractivity (Wildman–Crippen MR) is 156 cm³/mol. The van der Waals surface area contributed by atoms with Crippen LogP contribution in [0.1, 0.15) is 36.1 Å². The molecule has 240 valence electrons. The standard InChI is InChI=1S/C28H39F4N5O4S2/c1-43(40,41)36-11-7-25-23(18-36)27(33-37(25)17-22(39)16-35-10-6-21(38)15-35)19-2-3-24(28(30,31)32)26(14-19)42-13-12-34-8-4-20(29)5-9-34/h2-3,14,20-22,38-39H,4-13,15-18H2,1H3/t21-,22?/m1/s1. The van der Waals surface area contributed by atoms with Crippen molar-refractivity contribution < 1.29 is 36.2 Å². The molecule has 2 saturated heterocycles. The average molecular weight is 650 g/mol. The number of fused-ring (bicyclic) bond motifs is 1. The maximum Gasteiger partial charge on any atom is 0.417 e. The zero-order chi connectivity index (χ0) is 30.9. The minimum absolute atomic E-state index is 0.0337. The fourth-order valence-corrected chi connectivity index (χ4v) is 8.00. The van der Waals surface area contributed by atoms with Gasteiger partial charge in [0, 0.05) is 86.2 Å². The number of alkyl halides is 4. The Hall–Kier alpha value is -1.75. The van der Waals surface area contributed by atoms with Gasteiger partial charge >= 0.3 is 6.18 Å². The number of rotatable bonds is 10. The van der Waals surface area contributed by atoms with Gasteiger partial charge in [-0.25, -0.2) is 12.8 Å². The molecule has 43 heavy (non-hydrogen) atoms. The van der Waals surface area contributed by atoms with Gasteiger partial charge < -0.3 is 15.1 Å². The van der Waals surface area contributed by atoms with E-state index >= 15 is 0 Å². The van der Waals surface area contributed by atoms with Gasteiger partial charge in [0.1, 0.15) is 6.17 Å². The normalized spacial score (nSPS) is 22.3. The molecule has 3 aliphatic rings. The largest absolute Gasteiger partial charge is 0.417 e. The van der Waals surface area contributed by atoms with Crippen LogP contribution in [0.25, 0.3) is 11.3 Å².